The molecule has 1 unspecified atom stereocenters. The molecule has 1 aromatic rings. The number of aromatic nitrogens is 2. The summed E-state index contributed by atoms with van der Waals surface area (Å²) in [5, 5.41) is 8.53. The van der Waals surface area contributed by atoms with Crippen molar-refractivity contribution in [3.05, 3.63) is 12.0 Å². The third-order valence-corrected chi connectivity index (χ3v) is 3.89. The zero-order valence-corrected chi connectivity index (χ0v) is 11.8. The first-order valence-corrected chi connectivity index (χ1v) is 6.98. The minimum absolute atomic E-state index is 0.0994. The van der Waals surface area contributed by atoms with Crippen LogP contribution in [0.3, 0.4) is 0 Å². The van der Waals surface area contributed by atoms with E-state index in [-0.39, 0.29) is 18.0 Å². The molecule has 108 valence electrons. The van der Waals surface area contributed by atoms with Crippen LogP contribution < -0.4 is 4.72 Å². The number of imidazole rings is 1. The van der Waals surface area contributed by atoms with Gasteiger partial charge in [-0.05, 0) is 6.92 Å². The molecule has 0 fully saturated rings. The molecule has 0 aliphatic heterocycles. The van der Waals surface area contributed by atoms with Crippen LogP contribution in [-0.4, -0.2) is 48.8 Å². The van der Waals surface area contributed by atoms with Gasteiger partial charge >= 0.3 is 5.97 Å². The highest BCUT2D eigenvalue weighted by Crippen LogP contribution is 2.08. The van der Waals surface area contributed by atoms with Crippen LogP contribution in [-0.2, 0) is 26.6 Å². The van der Waals surface area contributed by atoms with Gasteiger partial charge in [0.05, 0.1) is 12.5 Å². The quantitative estimate of drug-likeness (QED) is 0.700. The fraction of sp³-hybridized carbons (Fsp3) is 0.600. The Labute approximate surface area is 111 Å². The number of carboxylic acid groups (broad SMARTS) is 1. The summed E-state index contributed by atoms with van der Waals surface area (Å²) in [6.07, 6.45) is 0.383. The van der Waals surface area contributed by atoms with Crippen LogP contribution in [0.25, 0.3) is 0 Å². The minimum Gasteiger partial charge on any atom is -0.481 e. The van der Waals surface area contributed by atoms with Gasteiger partial charge in [-0.2, -0.15) is 0 Å². The Hall–Kier alpha value is -1.45. The lowest BCUT2D eigenvalue weighted by Gasteiger charge is -2.13. The first kappa shape index (κ1) is 15.6. The van der Waals surface area contributed by atoms with Crippen LogP contribution in [0.4, 0.5) is 0 Å². The summed E-state index contributed by atoms with van der Waals surface area (Å²) in [5.41, 5.74) is 0. The van der Waals surface area contributed by atoms with Gasteiger partial charge in [0, 0.05) is 26.9 Å². The second-order valence-corrected chi connectivity index (χ2v) is 5.76. The van der Waals surface area contributed by atoms with Crippen molar-refractivity contribution < 1.29 is 23.1 Å². The van der Waals surface area contributed by atoms with Crippen molar-refractivity contribution >= 4 is 16.0 Å². The summed E-state index contributed by atoms with van der Waals surface area (Å²) < 4.78 is 32.6. The molecule has 9 heteroatoms. The third kappa shape index (κ3) is 4.30. The monoisotopic (exact) mass is 291 g/mol. The molecule has 0 saturated heterocycles. The van der Waals surface area contributed by atoms with Crippen LogP contribution in [0.1, 0.15) is 12.2 Å². The van der Waals surface area contributed by atoms with E-state index < -0.39 is 22.1 Å². The number of carbonyl (C=O) groups is 1. The Morgan fingerprint density at radius 2 is 2.26 bits per heavy atom. The van der Waals surface area contributed by atoms with Crippen molar-refractivity contribution in [2.45, 2.75) is 24.5 Å². The first-order chi connectivity index (χ1) is 8.76. The van der Waals surface area contributed by atoms with Crippen LogP contribution in [0, 0.1) is 6.92 Å². The van der Waals surface area contributed by atoms with Crippen molar-refractivity contribution in [1.29, 1.82) is 0 Å². The number of rotatable bonds is 7. The minimum atomic E-state index is -3.76. The molecule has 0 aliphatic carbocycles. The number of carboxylic acids is 1. The Bertz CT molecular complexity index is 532. The normalized spacial score (nSPS) is 13.4. The van der Waals surface area contributed by atoms with Crippen molar-refractivity contribution in [1.82, 2.24) is 14.3 Å². The lowest BCUT2D eigenvalue weighted by atomic mass is 10.2. The summed E-state index contributed by atoms with van der Waals surface area (Å²) in [7, 11) is -0.747. The number of hydrogen-bond acceptors (Lipinski definition) is 5. The fourth-order valence-corrected chi connectivity index (χ4v) is 2.47. The largest absolute Gasteiger partial charge is 0.481 e. The molecule has 0 aromatic carbocycles. The molecule has 0 saturated carbocycles. The molecule has 0 bridgehead atoms. The van der Waals surface area contributed by atoms with E-state index in [2.05, 4.69) is 9.71 Å². The van der Waals surface area contributed by atoms with E-state index in [0.717, 1.165) is 0 Å². The molecular formula is C10H17N3O5S. The van der Waals surface area contributed by atoms with Gasteiger partial charge in [-0.25, -0.2) is 18.1 Å². The van der Waals surface area contributed by atoms with E-state index in [1.807, 2.05) is 0 Å². The average molecular weight is 291 g/mol. The van der Waals surface area contributed by atoms with Gasteiger partial charge in [0.25, 0.3) is 10.0 Å². The van der Waals surface area contributed by atoms with Gasteiger partial charge < -0.3 is 14.4 Å². The Kier molecular flexibility index (Phi) is 5.04. The number of aryl methyl sites for hydroxylation is 2. The molecule has 1 aromatic heterocycles. The molecule has 19 heavy (non-hydrogen) atoms. The molecule has 0 amide bonds. The van der Waals surface area contributed by atoms with Gasteiger partial charge in [-0.1, -0.05) is 0 Å². The van der Waals surface area contributed by atoms with E-state index in [0.29, 0.717) is 5.82 Å². The highest BCUT2D eigenvalue weighted by molar-refractivity contribution is 7.89. The summed E-state index contributed by atoms with van der Waals surface area (Å²) in [4.78, 5) is 14.4. The maximum Gasteiger partial charge on any atom is 0.306 e. The maximum atomic E-state index is 11.9. The Balaban J connectivity index is 2.72. The van der Waals surface area contributed by atoms with Gasteiger partial charge in [0.15, 0.2) is 5.03 Å². The maximum absolute atomic E-state index is 11.9. The predicted molar refractivity (Wildman–Crippen MR) is 66.2 cm³/mol. The average Bonchev–Trinajstić information content (AvgIpc) is 2.65. The van der Waals surface area contributed by atoms with E-state index in [1.165, 1.54) is 13.3 Å². The molecule has 1 heterocycles. The summed E-state index contributed by atoms with van der Waals surface area (Å²) in [6, 6.07) is 0. The fourth-order valence-electron chi connectivity index (χ4n) is 1.37. The smallest absolute Gasteiger partial charge is 0.306 e. The standard InChI is InChI=1S/C10H17N3O5S/c1-7-12-9(6-13(7)2)19(16,17)11-5-8(18-3)4-10(14)15/h6,8,11H,4-5H2,1-3H3,(H,14,15). The highest BCUT2D eigenvalue weighted by Gasteiger charge is 2.21. The first-order valence-electron chi connectivity index (χ1n) is 5.50. The topological polar surface area (TPSA) is 111 Å². The second-order valence-electron chi connectivity index (χ2n) is 4.04. The van der Waals surface area contributed by atoms with E-state index >= 15 is 0 Å². The number of ether oxygens (including phenoxy) is 1. The lowest BCUT2D eigenvalue weighted by Crippen LogP contribution is -2.34. The second kappa shape index (κ2) is 6.13. The van der Waals surface area contributed by atoms with Gasteiger partial charge in [-0.15, -0.1) is 0 Å². The van der Waals surface area contributed by atoms with Gasteiger partial charge in [0.2, 0.25) is 0 Å². The Morgan fingerprint density at radius 3 is 2.68 bits per heavy atom. The molecule has 1 atom stereocenters. The SMILES string of the molecule is COC(CNS(=O)(=O)c1cn(C)c(C)n1)CC(=O)O. The molecule has 0 spiro atoms. The molecule has 0 aliphatic rings. The molecule has 0 radical (unpaired) electrons. The number of nitrogens with zero attached hydrogens (tertiary/aromatic N) is 2. The molecule has 8 nitrogen and oxygen atoms in total. The number of aliphatic carboxylic acids is 1. The molecular weight excluding hydrogens is 274 g/mol. The van der Waals surface area contributed by atoms with Crippen LogP contribution >= 0.6 is 0 Å². The predicted octanol–water partition coefficient (Wildman–Crippen LogP) is -0.503. The van der Waals surface area contributed by atoms with Gasteiger partial charge in [-0.3, -0.25) is 4.79 Å². The number of nitrogens with one attached hydrogen (secondary N) is 1. The Morgan fingerprint density at radius 1 is 1.63 bits per heavy atom. The summed E-state index contributed by atoms with van der Waals surface area (Å²) in [5.74, 6) is -0.492. The summed E-state index contributed by atoms with van der Waals surface area (Å²) >= 11 is 0. The van der Waals surface area contributed by atoms with E-state index in [4.69, 9.17) is 9.84 Å². The third-order valence-electron chi connectivity index (χ3n) is 2.60. The number of sulfonamides is 1. The van der Waals surface area contributed by atoms with Crippen molar-refractivity contribution in [2.24, 2.45) is 7.05 Å². The van der Waals surface area contributed by atoms with Crippen molar-refractivity contribution in [3.8, 4) is 0 Å². The van der Waals surface area contributed by atoms with E-state index in [1.54, 1.807) is 18.5 Å². The van der Waals surface area contributed by atoms with Crippen LogP contribution in [0.15, 0.2) is 11.2 Å². The summed E-state index contributed by atoms with van der Waals surface area (Å²) in [6.45, 7) is 1.56. The zero-order chi connectivity index (χ0) is 14.6. The van der Waals surface area contributed by atoms with Gasteiger partial charge in [0.1, 0.15) is 5.82 Å². The molecule has 1 rings (SSSR count). The lowest BCUT2D eigenvalue weighted by molar-refractivity contribution is -0.139. The zero-order valence-electron chi connectivity index (χ0n) is 11.0. The van der Waals surface area contributed by atoms with Crippen molar-refractivity contribution in [3.63, 3.8) is 0 Å². The van der Waals surface area contributed by atoms with Crippen molar-refractivity contribution in [2.75, 3.05) is 13.7 Å². The van der Waals surface area contributed by atoms with E-state index in [9.17, 15) is 13.2 Å². The highest BCUT2D eigenvalue weighted by atomic mass is 32.2. The number of methoxy groups -OCH3 is 1. The van der Waals surface area contributed by atoms with Crippen LogP contribution in [0.5, 0.6) is 0 Å². The molecule has 2 N–H and O–H groups in total. The van der Waals surface area contributed by atoms with Crippen LogP contribution in [0.2, 0.25) is 0 Å². The number of hydrogen-bond donors (Lipinski definition) is 2.